The molecule has 0 aromatic carbocycles. The van der Waals surface area contributed by atoms with Gasteiger partial charge in [-0.15, -0.1) is 0 Å². The molecule has 4 fully saturated rings. The first-order valence-electron chi connectivity index (χ1n) is 12.0. The third-order valence-electron chi connectivity index (χ3n) is 7.70. The van der Waals surface area contributed by atoms with Crippen molar-refractivity contribution in [3.63, 3.8) is 0 Å². The van der Waals surface area contributed by atoms with Crippen molar-refractivity contribution in [2.75, 3.05) is 45.9 Å². The topological polar surface area (TPSA) is 53.1 Å². The van der Waals surface area contributed by atoms with Crippen LogP contribution in [0.3, 0.4) is 0 Å². The fourth-order valence-electron chi connectivity index (χ4n) is 6.38. The van der Waals surface area contributed by atoms with Crippen LogP contribution >= 0.6 is 0 Å². The number of morpholine rings is 1. The molecule has 4 aliphatic heterocycles. The molecule has 0 aliphatic carbocycles. The van der Waals surface area contributed by atoms with Gasteiger partial charge in [0.1, 0.15) is 0 Å². The number of carbonyl (C=O) groups is 2. The SMILES string of the molecule is CC(C)C(=O)N1C[C@@H]2CCCN3CCC[C@@H]([C@H]23)[C@H]1CCCC(=O)N1CCOCC1. The van der Waals surface area contributed by atoms with Crippen LogP contribution in [0.2, 0.25) is 0 Å². The number of rotatable bonds is 5. The lowest BCUT2D eigenvalue weighted by atomic mass is 9.69. The summed E-state index contributed by atoms with van der Waals surface area (Å²) in [6.07, 6.45) is 7.48. The first-order chi connectivity index (χ1) is 14.1. The molecule has 4 rings (SSSR count). The lowest BCUT2D eigenvalue weighted by molar-refractivity contribution is -0.149. The standard InChI is InChI=1S/C23H39N3O3/c1-17(2)23(28)26-16-18-6-4-10-25-11-5-7-19(22(18)25)20(26)8-3-9-21(27)24-12-14-29-15-13-24/h17-20,22H,3-16H2,1-2H3/t18-,19+,20+,22-/m0/s1. The van der Waals surface area contributed by atoms with Gasteiger partial charge in [-0.25, -0.2) is 0 Å². The number of likely N-dealkylation sites (tertiary alicyclic amines) is 1. The highest BCUT2D eigenvalue weighted by Crippen LogP contribution is 2.43. The highest BCUT2D eigenvalue weighted by Gasteiger charge is 2.49. The molecule has 4 aliphatic rings. The van der Waals surface area contributed by atoms with Crippen LogP contribution < -0.4 is 0 Å². The minimum atomic E-state index is 0.0484. The minimum Gasteiger partial charge on any atom is -0.378 e. The van der Waals surface area contributed by atoms with Gasteiger partial charge in [0.2, 0.25) is 11.8 Å². The Morgan fingerprint density at radius 1 is 1.03 bits per heavy atom. The number of piperidine rings is 3. The molecule has 0 bridgehead atoms. The highest BCUT2D eigenvalue weighted by atomic mass is 16.5. The van der Waals surface area contributed by atoms with Crippen LogP contribution in [0, 0.1) is 17.8 Å². The first-order valence-corrected chi connectivity index (χ1v) is 12.0. The summed E-state index contributed by atoms with van der Waals surface area (Å²) in [5.41, 5.74) is 0. The molecule has 164 valence electrons. The molecule has 6 heteroatoms. The van der Waals surface area contributed by atoms with Crippen LogP contribution in [0.1, 0.15) is 58.8 Å². The molecule has 4 saturated heterocycles. The summed E-state index contributed by atoms with van der Waals surface area (Å²) in [5, 5.41) is 0. The average Bonchev–Trinajstić information content (AvgIpc) is 2.75. The van der Waals surface area contributed by atoms with E-state index in [9.17, 15) is 9.59 Å². The van der Waals surface area contributed by atoms with E-state index < -0.39 is 0 Å². The van der Waals surface area contributed by atoms with Crippen molar-refractivity contribution in [3.05, 3.63) is 0 Å². The largest absolute Gasteiger partial charge is 0.378 e. The third-order valence-corrected chi connectivity index (χ3v) is 7.70. The van der Waals surface area contributed by atoms with E-state index in [0.717, 1.165) is 32.5 Å². The van der Waals surface area contributed by atoms with Crippen LogP contribution in [-0.2, 0) is 14.3 Å². The molecular formula is C23H39N3O3. The van der Waals surface area contributed by atoms with Gasteiger partial charge < -0.3 is 14.5 Å². The minimum absolute atomic E-state index is 0.0484. The summed E-state index contributed by atoms with van der Waals surface area (Å²) in [4.78, 5) is 32.6. The lowest BCUT2D eigenvalue weighted by Gasteiger charge is -2.58. The maximum Gasteiger partial charge on any atom is 0.225 e. The number of ether oxygens (including phenoxy) is 1. The predicted octanol–water partition coefficient (Wildman–Crippen LogP) is 2.37. The van der Waals surface area contributed by atoms with Gasteiger partial charge in [-0.1, -0.05) is 13.8 Å². The summed E-state index contributed by atoms with van der Waals surface area (Å²) in [6, 6.07) is 0.971. The van der Waals surface area contributed by atoms with Gasteiger partial charge >= 0.3 is 0 Å². The molecule has 0 spiro atoms. The molecule has 0 N–H and O–H groups in total. The average molecular weight is 406 g/mol. The maximum atomic E-state index is 13.1. The maximum absolute atomic E-state index is 13.1. The van der Waals surface area contributed by atoms with Gasteiger partial charge in [0.15, 0.2) is 0 Å². The number of amides is 2. The van der Waals surface area contributed by atoms with Crippen molar-refractivity contribution in [2.24, 2.45) is 17.8 Å². The zero-order chi connectivity index (χ0) is 20.4. The van der Waals surface area contributed by atoms with E-state index in [1.54, 1.807) is 0 Å². The molecule has 2 amide bonds. The third kappa shape index (κ3) is 4.48. The number of carbonyl (C=O) groups excluding carboxylic acids is 2. The Morgan fingerprint density at radius 3 is 2.48 bits per heavy atom. The van der Waals surface area contributed by atoms with Crippen molar-refractivity contribution < 1.29 is 14.3 Å². The Morgan fingerprint density at radius 2 is 1.76 bits per heavy atom. The second kappa shape index (κ2) is 9.34. The Hall–Kier alpha value is -1.14. The van der Waals surface area contributed by atoms with Gasteiger partial charge in [0, 0.05) is 44.1 Å². The smallest absolute Gasteiger partial charge is 0.225 e. The second-order valence-electron chi connectivity index (χ2n) is 9.83. The van der Waals surface area contributed by atoms with E-state index >= 15 is 0 Å². The summed E-state index contributed by atoms with van der Waals surface area (Å²) in [6.45, 7) is 10.2. The van der Waals surface area contributed by atoms with Crippen molar-refractivity contribution in [1.82, 2.24) is 14.7 Å². The number of nitrogens with zero attached hydrogens (tertiary/aromatic N) is 3. The molecule has 0 radical (unpaired) electrons. The number of hydrogen-bond acceptors (Lipinski definition) is 4. The van der Waals surface area contributed by atoms with Crippen LogP contribution in [0.15, 0.2) is 0 Å². The molecule has 6 nitrogen and oxygen atoms in total. The van der Waals surface area contributed by atoms with Gasteiger partial charge in [0.25, 0.3) is 0 Å². The molecule has 4 atom stereocenters. The van der Waals surface area contributed by atoms with Crippen molar-refractivity contribution in [2.45, 2.75) is 70.9 Å². The quantitative estimate of drug-likeness (QED) is 0.705. The van der Waals surface area contributed by atoms with Crippen molar-refractivity contribution in [1.29, 1.82) is 0 Å². The van der Waals surface area contributed by atoms with Gasteiger partial charge in [-0.2, -0.15) is 0 Å². The summed E-state index contributed by atoms with van der Waals surface area (Å²) in [5.74, 6) is 1.85. The van der Waals surface area contributed by atoms with Crippen molar-refractivity contribution in [3.8, 4) is 0 Å². The summed E-state index contributed by atoms with van der Waals surface area (Å²) in [7, 11) is 0. The fraction of sp³-hybridized carbons (Fsp3) is 0.913. The van der Waals surface area contributed by atoms with Gasteiger partial charge in [-0.3, -0.25) is 14.5 Å². The summed E-state index contributed by atoms with van der Waals surface area (Å²) >= 11 is 0. The zero-order valence-corrected chi connectivity index (χ0v) is 18.4. The Bertz CT molecular complexity index is 588. The Labute approximate surface area is 175 Å². The molecule has 29 heavy (non-hydrogen) atoms. The van der Waals surface area contributed by atoms with Crippen LogP contribution in [0.4, 0.5) is 0 Å². The fourth-order valence-corrected chi connectivity index (χ4v) is 6.38. The van der Waals surface area contributed by atoms with E-state index in [1.807, 2.05) is 18.7 Å². The second-order valence-corrected chi connectivity index (χ2v) is 9.83. The molecule has 0 saturated carbocycles. The van der Waals surface area contributed by atoms with Crippen molar-refractivity contribution >= 4 is 11.8 Å². The predicted molar refractivity (Wildman–Crippen MR) is 112 cm³/mol. The van der Waals surface area contributed by atoms with E-state index in [2.05, 4.69) is 9.80 Å². The monoisotopic (exact) mass is 405 g/mol. The van der Waals surface area contributed by atoms with Gasteiger partial charge in [0.05, 0.1) is 13.2 Å². The van der Waals surface area contributed by atoms with E-state index in [-0.39, 0.29) is 11.8 Å². The molecule has 4 heterocycles. The first kappa shape index (κ1) is 21.1. The normalized spacial score (nSPS) is 32.9. The number of hydrogen-bond donors (Lipinski definition) is 0. The van der Waals surface area contributed by atoms with Crippen LogP contribution in [0.5, 0.6) is 0 Å². The molecule has 0 aromatic rings. The zero-order valence-electron chi connectivity index (χ0n) is 18.4. The highest BCUT2D eigenvalue weighted by molar-refractivity contribution is 5.79. The molecular weight excluding hydrogens is 366 g/mol. The van der Waals surface area contributed by atoms with E-state index in [0.29, 0.717) is 49.5 Å². The Balaban J connectivity index is 1.43. The van der Waals surface area contributed by atoms with Gasteiger partial charge in [-0.05, 0) is 63.5 Å². The Kier molecular flexibility index (Phi) is 6.80. The molecule has 0 unspecified atom stereocenters. The van der Waals surface area contributed by atoms with Crippen LogP contribution in [-0.4, -0.2) is 84.5 Å². The summed E-state index contributed by atoms with van der Waals surface area (Å²) < 4.78 is 5.37. The molecule has 0 aromatic heterocycles. The van der Waals surface area contributed by atoms with E-state index in [4.69, 9.17) is 4.74 Å². The lowest BCUT2D eigenvalue weighted by Crippen LogP contribution is -2.66. The van der Waals surface area contributed by atoms with Crippen LogP contribution in [0.25, 0.3) is 0 Å². The van der Waals surface area contributed by atoms with E-state index in [1.165, 1.54) is 38.8 Å².